The van der Waals surface area contributed by atoms with Gasteiger partial charge in [-0.3, -0.25) is 0 Å². The minimum Gasteiger partial charge on any atom is -0.508 e. The predicted molar refractivity (Wildman–Crippen MR) is 74.9 cm³/mol. The average Bonchev–Trinajstić information content (AvgIpc) is 2.39. The Hall–Kier alpha value is -2.55. The summed E-state index contributed by atoms with van der Waals surface area (Å²) in [4.78, 5) is 10.6. The fraction of sp³-hybridized carbons (Fsp3) is 0.0625. The zero-order valence-electron chi connectivity index (χ0n) is 10.5. The summed E-state index contributed by atoms with van der Waals surface area (Å²) in [5.74, 6) is -0.738. The van der Waals surface area contributed by atoms with Crippen LogP contribution in [-0.2, 0) is 4.79 Å². The first kappa shape index (κ1) is 12.9. The van der Waals surface area contributed by atoms with Gasteiger partial charge in [-0.05, 0) is 47.4 Å². The SMILES string of the molecule is Cc1c(C=CC(=O)O)cccc1-c1ccc(O)cc1. The van der Waals surface area contributed by atoms with Crippen molar-refractivity contribution in [1.82, 2.24) is 0 Å². The molecule has 0 spiro atoms. The molecule has 0 aliphatic heterocycles. The average molecular weight is 254 g/mol. The first-order valence-corrected chi connectivity index (χ1v) is 5.88. The molecule has 0 atom stereocenters. The Morgan fingerprint density at radius 2 is 1.79 bits per heavy atom. The van der Waals surface area contributed by atoms with Crippen LogP contribution in [0.5, 0.6) is 5.75 Å². The van der Waals surface area contributed by atoms with E-state index in [1.807, 2.05) is 37.3 Å². The van der Waals surface area contributed by atoms with Crippen molar-refractivity contribution in [2.45, 2.75) is 6.92 Å². The topological polar surface area (TPSA) is 57.5 Å². The standard InChI is InChI=1S/C16H14O3/c1-11-12(7-10-16(18)19)3-2-4-15(11)13-5-8-14(17)9-6-13/h2-10,17H,1H3,(H,18,19). The number of benzene rings is 2. The largest absolute Gasteiger partial charge is 0.508 e. The fourth-order valence-electron chi connectivity index (χ4n) is 1.95. The Morgan fingerprint density at radius 3 is 2.42 bits per heavy atom. The molecular weight excluding hydrogens is 240 g/mol. The lowest BCUT2D eigenvalue weighted by atomic mass is 9.96. The van der Waals surface area contributed by atoms with Gasteiger partial charge in [0.25, 0.3) is 0 Å². The van der Waals surface area contributed by atoms with E-state index in [9.17, 15) is 9.90 Å². The van der Waals surface area contributed by atoms with E-state index in [4.69, 9.17) is 5.11 Å². The molecule has 0 saturated carbocycles. The number of aliphatic carboxylic acids is 1. The zero-order chi connectivity index (χ0) is 13.8. The van der Waals surface area contributed by atoms with Crippen LogP contribution in [0, 0.1) is 6.92 Å². The van der Waals surface area contributed by atoms with E-state index in [0.29, 0.717) is 0 Å². The molecule has 0 aliphatic carbocycles. The number of aromatic hydroxyl groups is 1. The Morgan fingerprint density at radius 1 is 1.11 bits per heavy atom. The Labute approximate surface area is 111 Å². The summed E-state index contributed by atoms with van der Waals surface area (Å²) in [5, 5.41) is 18.0. The summed E-state index contributed by atoms with van der Waals surface area (Å²) >= 11 is 0. The highest BCUT2D eigenvalue weighted by Gasteiger charge is 2.04. The Bertz CT molecular complexity index is 625. The Kier molecular flexibility index (Phi) is 3.66. The molecule has 96 valence electrons. The maximum absolute atomic E-state index is 10.6. The van der Waals surface area contributed by atoms with E-state index in [0.717, 1.165) is 28.3 Å². The van der Waals surface area contributed by atoms with Gasteiger partial charge < -0.3 is 10.2 Å². The van der Waals surface area contributed by atoms with Gasteiger partial charge in [0.15, 0.2) is 0 Å². The summed E-state index contributed by atoms with van der Waals surface area (Å²) in [7, 11) is 0. The van der Waals surface area contributed by atoms with Crippen molar-refractivity contribution in [3.8, 4) is 16.9 Å². The number of carboxylic acid groups (broad SMARTS) is 1. The molecule has 2 rings (SSSR count). The maximum atomic E-state index is 10.6. The molecule has 0 bridgehead atoms. The number of carboxylic acids is 1. The van der Waals surface area contributed by atoms with Gasteiger partial charge in [0.2, 0.25) is 0 Å². The summed E-state index contributed by atoms with van der Waals surface area (Å²) in [6.45, 7) is 1.95. The van der Waals surface area contributed by atoms with Gasteiger partial charge in [-0.1, -0.05) is 30.3 Å². The zero-order valence-corrected chi connectivity index (χ0v) is 10.5. The fourth-order valence-corrected chi connectivity index (χ4v) is 1.95. The van der Waals surface area contributed by atoms with Crippen LogP contribution < -0.4 is 0 Å². The smallest absolute Gasteiger partial charge is 0.328 e. The van der Waals surface area contributed by atoms with Gasteiger partial charge in [-0.15, -0.1) is 0 Å². The van der Waals surface area contributed by atoms with Crippen molar-refractivity contribution in [3.63, 3.8) is 0 Å². The summed E-state index contributed by atoms with van der Waals surface area (Å²) in [6.07, 6.45) is 2.71. The molecule has 2 aromatic carbocycles. The predicted octanol–water partition coefficient (Wildman–Crippen LogP) is 3.47. The molecule has 19 heavy (non-hydrogen) atoms. The molecule has 0 fully saturated rings. The molecule has 0 heterocycles. The lowest BCUT2D eigenvalue weighted by Crippen LogP contribution is -1.89. The molecule has 0 amide bonds. The highest BCUT2D eigenvalue weighted by Crippen LogP contribution is 2.27. The Balaban J connectivity index is 2.45. The van der Waals surface area contributed by atoms with Gasteiger partial charge in [0.05, 0.1) is 0 Å². The van der Waals surface area contributed by atoms with E-state index in [1.54, 1.807) is 18.2 Å². The number of hydrogen-bond acceptors (Lipinski definition) is 2. The lowest BCUT2D eigenvalue weighted by Gasteiger charge is -2.09. The minimum absolute atomic E-state index is 0.225. The van der Waals surface area contributed by atoms with Gasteiger partial charge >= 0.3 is 5.97 Å². The van der Waals surface area contributed by atoms with Crippen molar-refractivity contribution < 1.29 is 15.0 Å². The van der Waals surface area contributed by atoms with Crippen molar-refractivity contribution >= 4 is 12.0 Å². The highest BCUT2D eigenvalue weighted by atomic mass is 16.4. The lowest BCUT2D eigenvalue weighted by molar-refractivity contribution is -0.131. The molecule has 0 aromatic heterocycles. The molecule has 0 radical (unpaired) electrons. The maximum Gasteiger partial charge on any atom is 0.328 e. The van der Waals surface area contributed by atoms with Gasteiger partial charge in [-0.25, -0.2) is 4.79 Å². The molecule has 0 saturated heterocycles. The van der Waals surface area contributed by atoms with E-state index < -0.39 is 5.97 Å². The highest BCUT2D eigenvalue weighted by molar-refractivity contribution is 5.86. The quantitative estimate of drug-likeness (QED) is 0.824. The molecule has 2 N–H and O–H groups in total. The minimum atomic E-state index is -0.963. The summed E-state index contributed by atoms with van der Waals surface area (Å²) in [6, 6.07) is 12.7. The van der Waals surface area contributed by atoms with E-state index in [2.05, 4.69) is 0 Å². The number of hydrogen-bond donors (Lipinski definition) is 2. The monoisotopic (exact) mass is 254 g/mol. The molecule has 3 heteroatoms. The first-order valence-electron chi connectivity index (χ1n) is 5.88. The van der Waals surface area contributed by atoms with Crippen LogP contribution in [0.1, 0.15) is 11.1 Å². The van der Waals surface area contributed by atoms with Crippen LogP contribution in [0.15, 0.2) is 48.5 Å². The third-order valence-electron chi connectivity index (χ3n) is 2.96. The second-order valence-electron chi connectivity index (χ2n) is 4.24. The van der Waals surface area contributed by atoms with Gasteiger partial charge in [0.1, 0.15) is 5.75 Å². The molecule has 3 nitrogen and oxygen atoms in total. The van der Waals surface area contributed by atoms with Gasteiger partial charge in [0, 0.05) is 6.08 Å². The first-order chi connectivity index (χ1) is 9.08. The van der Waals surface area contributed by atoms with Crippen LogP contribution >= 0.6 is 0 Å². The normalized spacial score (nSPS) is 10.8. The number of carbonyl (C=O) groups is 1. The van der Waals surface area contributed by atoms with Crippen molar-refractivity contribution in [1.29, 1.82) is 0 Å². The summed E-state index contributed by atoms with van der Waals surface area (Å²) < 4.78 is 0. The second kappa shape index (κ2) is 5.40. The van der Waals surface area contributed by atoms with Crippen molar-refractivity contribution in [3.05, 3.63) is 59.7 Å². The van der Waals surface area contributed by atoms with Gasteiger partial charge in [-0.2, -0.15) is 0 Å². The van der Waals surface area contributed by atoms with E-state index >= 15 is 0 Å². The van der Waals surface area contributed by atoms with Crippen LogP contribution in [0.25, 0.3) is 17.2 Å². The van der Waals surface area contributed by atoms with E-state index in [-0.39, 0.29) is 5.75 Å². The third-order valence-corrected chi connectivity index (χ3v) is 2.96. The van der Waals surface area contributed by atoms with Crippen LogP contribution in [0.2, 0.25) is 0 Å². The number of phenolic OH excluding ortho intramolecular Hbond substituents is 1. The number of rotatable bonds is 3. The van der Waals surface area contributed by atoms with Crippen LogP contribution in [-0.4, -0.2) is 16.2 Å². The molecular formula is C16H14O3. The molecule has 0 aliphatic rings. The van der Waals surface area contributed by atoms with Crippen molar-refractivity contribution in [2.75, 3.05) is 0 Å². The second-order valence-corrected chi connectivity index (χ2v) is 4.24. The third kappa shape index (κ3) is 3.01. The van der Waals surface area contributed by atoms with Crippen LogP contribution in [0.4, 0.5) is 0 Å². The van der Waals surface area contributed by atoms with E-state index in [1.165, 1.54) is 0 Å². The molecule has 2 aromatic rings. The summed E-state index contributed by atoms with van der Waals surface area (Å²) in [5.41, 5.74) is 3.88. The van der Waals surface area contributed by atoms with Crippen LogP contribution in [0.3, 0.4) is 0 Å². The van der Waals surface area contributed by atoms with Crippen molar-refractivity contribution in [2.24, 2.45) is 0 Å². The number of phenols is 1. The molecule has 0 unspecified atom stereocenters.